The maximum Gasteiger partial charge on any atom is 0.138 e. The summed E-state index contributed by atoms with van der Waals surface area (Å²) in [5, 5.41) is 4.04. The first-order chi connectivity index (χ1) is 10.3. The van der Waals surface area contributed by atoms with Gasteiger partial charge in [0.25, 0.3) is 0 Å². The average molecular weight is 294 g/mol. The minimum absolute atomic E-state index is 0.702. The quantitative estimate of drug-likeness (QED) is 0.570. The van der Waals surface area contributed by atoms with Crippen LogP contribution in [0.1, 0.15) is 0 Å². The summed E-state index contributed by atoms with van der Waals surface area (Å²) in [5.41, 5.74) is 4.88. The smallest absolute Gasteiger partial charge is 0.138 e. The highest BCUT2D eigenvalue weighted by Gasteiger charge is 2.05. The van der Waals surface area contributed by atoms with Crippen molar-refractivity contribution in [2.24, 2.45) is 0 Å². The molecule has 0 amide bonds. The monoisotopic (exact) mass is 293 g/mol. The van der Waals surface area contributed by atoms with Crippen molar-refractivity contribution in [2.75, 3.05) is 5.32 Å². The van der Waals surface area contributed by atoms with E-state index in [1.807, 2.05) is 60.8 Å². The second-order valence-corrected chi connectivity index (χ2v) is 5.26. The Labute approximate surface area is 126 Å². The summed E-state index contributed by atoms with van der Waals surface area (Å²) < 4.78 is 2.08. The van der Waals surface area contributed by atoms with Crippen molar-refractivity contribution in [2.45, 2.75) is 0 Å². The normalized spacial score (nSPS) is 11.1. The van der Waals surface area contributed by atoms with Crippen molar-refractivity contribution in [3.8, 4) is 0 Å². The van der Waals surface area contributed by atoms with Crippen LogP contribution in [0.25, 0.3) is 16.7 Å². The summed E-state index contributed by atoms with van der Waals surface area (Å²) in [5.74, 6) is 0. The molecular weight excluding hydrogens is 282 g/mol. The van der Waals surface area contributed by atoms with E-state index < -0.39 is 0 Å². The van der Waals surface area contributed by atoms with E-state index >= 15 is 0 Å². The van der Waals surface area contributed by atoms with Gasteiger partial charge in [-0.2, -0.15) is 0 Å². The van der Waals surface area contributed by atoms with Crippen LogP contribution < -0.4 is 5.32 Å². The van der Waals surface area contributed by atoms with Gasteiger partial charge in [0.1, 0.15) is 5.65 Å². The molecule has 4 aromatic rings. The molecule has 0 fully saturated rings. The maximum absolute atomic E-state index is 6.18. The first kappa shape index (κ1) is 12.2. The number of halogens is 1. The number of hydrogen-bond donors (Lipinski definition) is 1. The molecule has 0 saturated carbocycles. The molecule has 0 aliphatic carbocycles. The number of para-hydroxylation sites is 3. The average Bonchev–Trinajstić information content (AvgIpc) is 2.88. The van der Waals surface area contributed by atoms with Gasteiger partial charge in [0.15, 0.2) is 0 Å². The summed E-state index contributed by atoms with van der Waals surface area (Å²) >= 11 is 6.18. The Balaban J connectivity index is 1.83. The number of anilines is 2. The number of pyridine rings is 1. The lowest BCUT2D eigenvalue weighted by atomic mass is 10.3. The van der Waals surface area contributed by atoms with Gasteiger partial charge in [-0.25, -0.2) is 4.98 Å². The molecule has 3 nitrogen and oxygen atoms in total. The van der Waals surface area contributed by atoms with E-state index in [2.05, 4.69) is 20.8 Å². The Hall–Kier alpha value is -2.52. The largest absolute Gasteiger partial charge is 0.353 e. The summed E-state index contributed by atoms with van der Waals surface area (Å²) in [7, 11) is 0. The van der Waals surface area contributed by atoms with Gasteiger partial charge in [0.05, 0.1) is 27.4 Å². The number of rotatable bonds is 2. The third-order valence-corrected chi connectivity index (χ3v) is 3.79. The summed E-state index contributed by atoms with van der Waals surface area (Å²) in [6.07, 6.45) is 2.04. The van der Waals surface area contributed by atoms with Gasteiger partial charge in [-0.1, -0.05) is 35.9 Å². The number of aromatic nitrogens is 2. The molecule has 0 bridgehead atoms. The highest BCUT2D eigenvalue weighted by molar-refractivity contribution is 6.33. The number of imidazole rings is 1. The van der Waals surface area contributed by atoms with Gasteiger partial charge in [-0.3, -0.25) is 4.40 Å². The van der Waals surface area contributed by atoms with Gasteiger partial charge >= 0.3 is 0 Å². The molecule has 4 heteroatoms. The zero-order chi connectivity index (χ0) is 14.2. The van der Waals surface area contributed by atoms with E-state index in [1.54, 1.807) is 0 Å². The van der Waals surface area contributed by atoms with Gasteiger partial charge in [0, 0.05) is 6.20 Å². The maximum atomic E-state index is 6.18. The Morgan fingerprint density at radius 1 is 0.905 bits per heavy atom. The lowest BCUT2D eigenvalue weighted by molar-refractivity contribution is 1.22. The lowest BCUT2D eigenvalue weighted by Crippen LogP contribution is -1.93. The highest BCUT2D eigenvalue weighted by Crippen LogP contribution is 2.26. The molecule has 2 heterocycles. The third-order valence-electron chi connectivity index (χ3n) is 3.46. The molecule has 0 aliphatic heterocycles. The molecule has 0 unspecified atom stereocenters. The Kier molecular flexibility index (Phi) is 2.79. The molecule has 0 aliphatic rings. The van der Waals surface area contributed by atoms with Crippen molar-refractivity contribution in [3.05, 3.63) is 71.9 Å². The molecule has 0 atom stereocenters. The fourth-order valence-corrected chi connectivity index (χ4v) is 2.64. The number of fused-ring (bicyclic) bond motifs is 3. The molecular formula is C17H12ClN3. The van der Waals surface area contributed by atoms with Crippen LogP contribution in [0.3, 0.4) is 0 Å². The first-order valence-corrected chi connectivity index (χ1v) is 7.07. The van der Waals surface area contributed by atoms with Crippen molar-refractivity contribution < 1.29 is 0 Å². The molecule has 0 spiro atoms. The predicted molar refractivity (Wildman–Crippen MR) is 87.4 cm³/mol. The fraction of sp³-hybridized carbons (Fsp3) is 0. The zero-order valence-corrected chi connectivity index (χ0v) is 11.9. The molecule has 1 N–H and O–H groups in total. The van der Waals surface area contributed by atoms with E-state index in [9.17, 15) is 0 Å². The SMILES string of the molecule is Clc1ccccc1Nc1ccc2nc3ccccc3n2c1. The first-order valence-electron chi connectivity index (χ1n) is 6.70. The van der Waals surface area contributed by atoms with Crippen LogP contribution in [0.15, 0.2) is 66.9 Å². The van der Waals surface area contributed by atoms with Crippen LogP contribution in [0.2, 0.25) is 5.02 Å². The van der Waals surface area contributed by atoms with Gasteiger partial charge in [-0.05, 0) is 36.4 Å². The topological polar surface area (TPSA) is 29.3 Å². The minimum Gasteiger partial charge on any atom is -0.353 e. The van der Waals surface area contributed by atoms with E-state index in [1.165, 1.54) is 0 Å². The number of nitrogens with zero attached hydrogens (tertiary/aromatic N) is 2. The van der Waals surface area contributed by atoms with Crippen LogP contribution in [-0.4, -0.2) is 9.38 Å². The Morgan fingerprint density at radius 2 is 1.71 bits per heavy atom. The molecule has 4 rings (SSSR count). The lowest BCUT2D eigenvalue weighted by Gasteiger charge is -2.08. The molecule has 102 valence electrons. The van der Waals surface area contributed by atoms with Crippen molar-refractivity contribution >= 4 is 39.7 Å². The number of nitrogens with one attached hydrogen (secondary N) is 1. The van der Waals surface area contributed by atoms with E-state index in [-0.39, 0.29) is 0 Å². The van der Waals surface area contributed by atoms with Crippen LogP contribution >= 0.6 is 11.6 Å². The van der Waals surface area contributed by atoms with E-state index in [0.29, 0.717) is 5.02 Å². The zero-order valence-electron chi connectivity index (χ0n) is 11.1. The molecule has 0 radical (unpaired) electrons. The van der Waals surface area contributed by atoms with Gasteiger partial charge in [0.2, 0.25) is 0 Å². The van der Waals surface area contributed by atoms with Crippen LogP contribution in [0.4, 0.5) is 11.4 Å². The molecule has 2 aromatic heterocycles. The van der Waals surface area contributed by atoms with Crippen LogP contribution in [0, 0.1) is 0 Å². The van der Waals surface area contributed by atoms with Gasteiger partial charge in [-0.15, -0.1) is 0 Å². The van der Waals surface area contributed by atoms with Crippen LogP contribution in [0.5, 0.6) is 0 Å². The molecule has 2 aromatic carbocycles. The Morgan fingerprint density at radius 3 is 2.62 bits per heavy atom. The molecule has 21 heavy (non-hydrogen) atoms. The summed E-state index contributed by atoms with van der Waals surface area (Å²) in [6.45, 7) is 0. The third kappa shape index (κ3) is 2.12. The standard InChI is InChI=1S/C17H12ClN3/c18-13-5-1-2-6-14(13)19-12-9-10-17-20-15-7-3-4-8-16(15)21(17)11-12/h1-11,19H. The molecule has 0 saturated heterocycles. The summed E-state index contributed by atoms with van der Waals surface area (Å²) in [4.78, 5) is 4.59. The number of hydrogen-bond acceptors (Lipinski definition) is 2. The Bertz CT molecular complexity index is 943. The second-order valence-electron chi connectivity index (χ2n) is 4.85. The van der Waals surface area contributed by atoms with Crippen molar-refractivity contribution in [1.29, 1.82) is 0 Å². The fourth-order valence-electron chi connectivity index (χ4n) is 2.45. The minimum atomic E-state index is 0.702. The van der Waals surface area contributed by atoms with Crippen molar-refractivity contribution in [1.82, 2.24) is 9.38 Å². The van der Waals surface area contributed by atoms with E-state index in [4.69, 9.17) is 11.6 Å². The second kappa shape index (κ2) is 4.79. The van der Waals surface area contributed by atoms with Gasteiger partial charge < -0.3 is 5.32 Å². The highest BCUT2D eigenvalue weighted by atomic mass is 35.5. The van der Waals surface area contributed by atoms with Crippen LogP contribution in [-0.2, 0) is 0 Å². The van der Waals surface area contributed by atoms with E-state index in [0.717, 1.165) is 28.1 Å². The predicted octanol–water partition coefficient (Wildman–Crippen LogP) is 4.88. The summed E-state index contributed by atoms with van der Waals surface area (Å²) in [6, 6.07) is 19.8. The van der Waals surface area contributed by atoms with Crippen molar-refractivity contribution in [3.63, 3.8) is 0 Å². The number of benzene rings is 2.